The highest BCUT2D eigenvalue weighted by Gasteiger charge is 2.16. The molecule has 0 radical (unpaired) electrons. The summed E-state index contributed by atoms with van der Waals surface area (Å²) in [7, 11) is 0. The van der Waals surface area contributed by atoms with Crippen molar-refractivity contribution in [3.05, 3.63) is 90.5 Å². The molecule has 126 valence electrons. The van der Waals surface area contributed by atoms with Gasteiger partial charge in [-0.3, -0.25) is 4.79 Å². The van der Waals surface area contributed by atoms with E-state index in [1.54, 1.807) is 12.1 Å². The molecule has 0 saturated heterocycles. The van der Waals surface area contributed by atoms with Crippen molar-refractivity contribution in [2.24, 2.45) is 5.73 Å². The van der Waals surface area contributed by atoms with Crippen LogP contribution < -0.4 is 10.6 Å². The molecule has 0 aliphatic rings. The van der Waals surface area contributed by atoms with Crippen molar-refractivity contribution >= 4 is 22.8 Å². The fourth-order valence-electron chi connectivity index (χ4n) is 2.67. The van der Waals surface area contributed by atoms with Crippen LogP contribution in [-0.4, -0.2) is 23.5 Å². The lowest BCUT2D eigenvalue weighted by Crippen LogP contribution is -2.33. The summed E-state index contributed by atoms with van der Waals surface area (Å²) in [6.07, 6.45) is 0. The fraction of sp³-hybridized carbons (Fsp3) is 0.0952. The lowest BCUT2D eigenvalue weighted by molar-refractivity contribution is 0.0925. The Morgan fingerprint density at radius 2 is 1.24 bits per heavy atom. The average molecular weight is 332 g/mol. The molecule has 0 bridgehead atoms. The summed E-state index contributed by atoms with van der Waals surface area (Å²) in [4.78, 5) is 14.2. The van der Waals surface area contributed by atoms with E-state index in [9.17, 15) is 4.79 Å². The molecular formula is C21H20N2O2. The predicted octanol–water partition coefficient (Wildman–Crippen LogP) is 3.66. The second-order valence-electron chi connectivity index (χ2n) is 5.71. The largest absolute Gasteiger partial charge is 0.394 e. The van der Waals surface area contributed by atoms with E-state index < -0.39 is 6.04 Å². The Morgan fingerprint density at radius 3 is 1.68 bits per heavy atom. The van der Waals surface area contributed by atoms with Crippen LogP contribution in [0.25, 0.3) is 0 Å². The van der Waals surface area contributed by atoms with Crippen LogP contribution in [0.4, 0.5) is 17.1 Å². The second-order valence-corrected chi connectivity index (χ2v) is 5.71. The van der Waals surface area contributed by atoms with Gasteiger partial charge in [0.05, 0.1) is 12.6 Å². The fourth-order valence-corrected chi connectivity index (χ4v) is 2.67. The zero-order chi connectivity index (χ0) is 17.6. The quantitative estimate of drug-likeness (QED) is 0.676. The number of nitrogens with two attached hydrogens (primary N) is 1. The van der Waals surface area contributed by atoms with E-state index in [4.69, 9.17) is 10.8 Å². The van der Waals surface area contributed by atoms with Crippen LogP contribution in [0.3, 0.4) is 0 Å². The highest BCUT2D eigenvalue weighted by Crippen LogP contribution is 2.34. The summed E-state index contributed by atoms with van der Waals surface area (Å²) in [5, 5.41) is 9.05. The van der Waals surface area contributed by atoms with Crippen molar-refractivity contribution in [2.75, 3.05) is 11.5 Å². The predicted molar refractivity (Wildman–Crippen MR) is 101 cm³/mol. The maximum atomic E-state index is 12.1. The molecule has 0 spiro atoms. The SMILES string of the molecule is N[C@@H](CO)C(=O)c1ccc(N(c2ccccc2)c2ccccc2)cc1. The molecule has 0 aromatic heterocycles. The van der Waals surface area contributed by atoms with Gasteiger partial charge in [0.15, 0.2) is 5.78 Å². The summed E-state index contributed by atoms with van der Waals surface area (Å²) in [6, 6.07) is 26.4. The van der Waals surface area contributed by atoms with E-state index in [1.165, 1.54) is 0 Å². The Morgan fingerprint density at radius 1 is 0.800 bits per heavy atom. The molecule has 0 saturated carbocycles. The highest BCUT2D eigenvalue weighted by molar-refractivity contribution is 6.00. The number of carbonyl (C=O) groups excluding carboxylic acids is 1. The van der Waals surface area contributed by atoms with Gasteiger partial charge in [-0.1, -0.05) is 36.4 Å². The molecule has 3 N–H and O–H groups in total. The molecule has 0 fully saturated rings. The summed E-state index contributed by atoms with van der Waals surface area (Å²) >= 11 is 0. The monoisotopic (exact) mass is 332 g/mol. The number of hydrogen-bond acceptors (Lipinski definition) is 4. The molecule has 0 aliphatic heterocycles. The van der Waals surface area contributed by atoms with Crippen molar-refractivity contribution < 1.29 is 9.90 Å². The third-order valence-electron chi connectivity index (χ3n) is 3.97. The second kappa shape index (κ2) is 7.75. The Bertz CT molecular complexity index is 778. The summed E-state index contributed by atoms with van der Waals surface area (Å²) in [5.41, 5.74) is 9.10. The maximum absolute atomic E-state index is 12.1. The normalized spacial score (nSPS) is 11.8. The maximum Gasteiger partial charge on any atom is 0.181 e. The van der Waals surface area contributed by atoms with E-state index in [2.05, 4.69) is 4.90 Å². The number of Topliss-reactive ketones (excluding diaryl/α,β-unsaturated/α-hetero) is 1. The minimum Gasteiger partial charge on any atom is -0.394 e. The van der Waals surface area contributed by atoms with Gasteiger partial charge in [-0.2, -0.15) is 0 Å². The van der Waals surface area contributed by atoms with Gasteiger partial charge in [-0.25, -0.2) is 0 Å². The van der Waals surface area contributed by atoms with Crippen LogP contribution in [0, 0.1) is 0 Å². The topological polar surface area (TPSA) is 66.6 Å². The van der Waals surface area contributed by atoms with Gasteiger partial charge in [0.1, 0.15) is 0 Å². The van der Waals surface area contributed by atoms with Gasteiger partial charge in [0.2, 0.25) is 0 Å². The number of ketones is 1. The molecule has 0 unspecified atom stereocenters. The van der Waals surface area contributed by atoms with Crippen molar-refractivity contribution in [1.82, 2.24) is 0 Å². The third kappa shape index (κ3) is 3.76. The standard InChI is InChI=1S/C21H20N2O2/c22-20(15-24)21(25)16-11-13-19(14-12-16)23(17-7-3-1-4-8-17)18-9-5-2-6-10-18/h1-14,20,24H,15,22H2/t20-/m0/s1. The van der Waals surface area contributed by atoms with Crippen molar-refractivity contribution in [3.63, 3.8) is 0 Å². The first-order chi connectivity index (χ1) is 12.2. The van der Waals surface area contributed by atoms with Crippen LogP contribution in [0.5, 0.6) is 0 Å². The van der Waals surface area contributed by atoms with Gasteiger partial charge in [-0.15, -0.1) is 0 Å². The first-order valence-corrected chi connectivity index (χ1v) is 8.11. The molecule has 3 aromatic rings. The number of anilines is 3. The van der Waals surface area contributed by atoms with Crippen molar-refractivity contribution in [1.29, 1.82) is 0 Å². The Balaban J connectivity index is 1.99. The van der Waals surface area contributed by atoms with Crippen molar-refractivity contribution in [2.45, 2.75) is 6.04 Å². The molecule has 0 aliphatic carbocycles. The Labute approximate surface area is 147 Å². The number of aliphatic hydroxyl groups excluding tert-OH is 1. The lowest BCUT2D eigenvalue weighted by atomic mass is 10.0. The minimum atomic E-state index is -0.884. The van der Waals surface area contributed by atoms with Crippen molar-refractivity contribution in [3.8, 4) is 0 Å². The molecule has 3 aromatic carbocycles. The van der Waals surface area contributed by atoms with Gasteiger partial charge >= 0.3 is 0 Å². The number of benzene rings is 3. The number of rotatable bonds is 6. The number of para-hydroxylation sites is 2. The van der Waals surface area contributed by atoms with Gasteiger partial charge < -0.3 is 15.7 Å². The van der Waals surface area contributed by atoms with Gasteiger partial charge in [-0.05, 0) is 48.5 Å². The Hall–Kier alpha value is -2.95. The number of hydrogen-bond donors (Lipinski definition) is 2. The average Bonchev–Trinajstić information content (AvgIpc) is 2.69. The number of aliphatic hydroxyl groups is 1. The number of nitrogens with zero attached hydrogens (tertiary/aromatic N) is 1. The van der Waals surface area contributed by atoms with E-state index in [0.29, 0.717) is 5.56 Å². The van der Waals surface area contributed by atoms with Crippen LogP contribution in [-0.2, 0) is 0 Å². The van der Waals surface area contributed by atoms with Crippen LogP contribution in [0.1, 0.15) is 10.4 Å². The van der Waals surface area contributed by atoms with Crippen LogP contribution in [0.15, 0.2) is 84.9 Å². The molecule has 4 nitrogen and oxygen atoms in total. The summed E-state index contributed by atoms with van der Waals surface area (Å²) < 4.78 is 0. The van der Waals surface area contributed by atoms with E-state index in [1.807, 2.05) is 72.8 Å². The zero-order valence-corrected chi connectivity index (χ0v) is 13.7. The molecule has 0 heterocycles. The molecular weight excluding hydrogens is 312 g/mol. The van der Waals surface area contributed by atoms with Gasteiger partial charge in [0, 0.05) is 22.6 Å². The third-order valence-corrected chi connectivity index (χ3v) is 3.97. The zero-order valence-electron chi connectivity index (χ0n) is 13.7. The highest BCUT2D eigenvalue weighted by atomic mass is 16.3. The van der Waals surface area contributed by atoms with Crippen LogP contribution >= 0.6 is 0 Å². The Kier molecular flexibility index (Phi) is 5.23. The van der Waals surface area contributed by atoms with Gasteiger partial charge in [0.25, 0.3) is 0 Å². The van der Waals surface area contributed by atoms with E-state index >= 15 is 0 Å². The smallest absolute Gasteiger partial charge is 0.181 e. The molecule has 1 atom stereocenters. The van der Waals surface area contributed by atoms with E-state index in [0.717, 1.165) is 17.1 Å². The summed E-state index contributed by atoms with van der Waals surface area (Å²) in [5.74, 6) is -0.264. The lowest BCUT2D eigenvalue weighted by Gasteiger charge is -2.25. The molecule has 4 heteroatoms. The van der Waals surface area contributed by atoms with Crippen LogP contribution in [0.2, 0.25) is 0 Å². The molecule has 0 amide bonds. The van der Waals surface area contributed by atoms with E-state index in [-0.39, 0.29) is 12.4 Å². The molecule has 25 heavy (non-hydrogen) atoms. The molecule has 3 rings (SSSR count). The number of carbonyl (C=O) groups is 1. The minimum absolute atomic E-state index is 0.264. The first-order valence-electron chi connectivity index (χ1n) is 8.11. The first kappa shape index (κ1) is 16.9. The summed E-state index contributed by atoms with van der Waals surface area (Å²) in [6.45, 7) is -0.360.